The molecule has 0 bridgehead atoms. The topological polar surface area (TPSA) is 94.9 Å². The molecule has 120 valence electrons. The monoisotopic (exact) mass is 355 g/mol. The van der Waals surface area contributed by atoms with Crippen molar-refractivity contribution in [2.75, 3.05) is 0 Å². The Hall–Kier alpha value is -2.26. The number of carbonyl (C=O) groups excluding carboxylic acids is 1. The van der Waals surface area contributed by atoms with Crippen molar-refractivity contribution in [3.8, 4) is 0 Å². The average Bonchev–Trinajstić information content (AvgIpc) is 2.73. The lowest BCUT2D eigenvalue weighted by Crippen LogP contribution is -2.45. The maximum Gasteiger partial charge on any atom is 0.327 e. The van der Waals surface area contributed by atoms with E-state index in [1.807, 2.05) is 0 Å². The Bertz CT molecular complexity index is 716. The second kappa shape index (κ2) is 6.88. The van der Waals surface area contributed by atoms with Crippen molar-refractivity contribution in [3.05, 3.63) is 40.6 Å². The van der Waals surface area contributed by atoms with Crippen molar-refractivity contribution in [1.29, 1.82) is 0 Å². The first-order valence-corrected chi connectivity index (χ1v) is 7.49. The van der Waals surface area contributed by atoms with Gasteiger partial charge in [-0.25, -0.2) is 9.18 Å². The highest BCUT2D eigenvalue weighted by Crippen LogP contribution is 2.34. The van der Waals surface area contributed by atoms with E-state index in [0.717, 1.165) is 16.7 Å². The third-order valence-electron chi connectivity index (χ3n) is 2.96. The van der Waals surface area contributed by atoms with E-state index in [0.29, 0.717) is 5.56 Å². The number of amides is 1. The van der Waals surface area contributed by atoms with Gasteiger partial charge >= 0.3 is 11.9 Å². The molecule has 6 nitrogen and oxygen atoms in total. The third kappa shape index (κ3) is 3.93. The van der Waals surface area contributed by atoms with Crippen LogP contribution in [0.1, 0.15) is 12.0 Å². The maximum atomic E-state index is 12.9. The predicted octanol–water partition coefficient (Wildman–Crippen LogP) is 1.95. The minimum Gasteiger partial charge on any atom is -0.481 e. The first-order valence-electron chi connectivity index (χ1n) is 6.27. The van der Waals surface area contributed by atoms with Crippen LogP contribution in [0.15, 0.2) is 29.2 Å². The second-order valence-corrected chi connectivity index (χ2v) is 6.23. The fourth-order valence-corrected chi connectivity index (χ4v) is 3.27. The number of carboxylic acids is 2. The quantitative estimate of drug-likeness (QED) is 0.616. The fraction of sp³-hybridized carbons (Fsp3) is 0.143. The van der Waals surface area contributed by atoms with Gasteiger partial charge in [0, 0.05) is 0 Å². The van der Waals surface area contributed by atoms with Gasteiger partial charge in [0.2, 0.25) is 0 Å². The van der Waals surface area contributed by atoms with Gasteiger partial charge in [0.25, 0.3) is 5.91 Å². The molecule has 9 heteroatoms. The molecule has 2 rings (SSSR count). The summed E-state index contributed by atoms with van der Waals surface area (Å²) < 4.78 is 12.8. The Balaban J connectivity index is 2.30. The summed E-state index contributed by atoms with van der Waals surface area (Å²) in [5.41, 5.74) is 0.539. The summed E-state index contributed by atoms with van der Waals surface area (Å²) in [5.74, 6) is -3.92. The first-order chi connectivity index (χ1) is 10.8. The van der Waals surface area contributed by atoms with Crippen LogP contribution in [0.3, 0.4) is 0 Å². The zero-order valence-corrected chi connectivity index (χ0v) is 13.1. The molecule has 1 aliphatic heterocycles. The van der Waals surface area contributed by atoms with Crippen LogP contribution < -0.4 is 0 Å². The van der Waals surface area contributed by atoms with E-state index in [1.54, 1.807) is 0 Å². The SMILES string of the molecule is O=C(O)CC(C(=O)O)N1C(=O)/C(=C/c2ccc(F)cc2)SC1=S. The molecule has 23 heavy (non-hydrogen) atoms. The van der Waals surface area contributed by atoms with Crippen molar-refractivity contribution in [2.24, 2.45) is 0 Å². The molecule has 0 saturated carbocycles. The zero-order chi connectivity index (χ0) is 17.1. The van der Waals surface area contributed by atoms with Crippen LogP contribution in [-0.2, 0) is 14.4 Å². The highest BCUT2D eigenvalue weighted by molar-refractivity contribution is 8.26. The molecule has 1 amide bonds. The molecule has 2 N–H and O–H groups in total. The summed E-state index contributed by atoms with van der Waals surface area (Å²) in [4.78, 5) is 35.3. The molecule has 1 aliphatic rings. The smallest absolute Gasteiger partial charge is 0.327 e. The van der Waals surface area contributed by atoms with Crippen LogP contribution in [-0.4, -0.2) is 43.3 Å². The van der Waals surface area contributed by atoms with Gasteiger partial charge in [-0.3, -0.25) is 14.5 Å². The minimum absolute atomic E-state index is 0.0305. The van der Waals surface area contributed by atoms with Crippen LogP contribution >= 0.6 is 24.0 Å². The van der Waals surface area contributed by atoms with Gasteiger partial charge in [0.15, 0.2) is 0 Å². The Morgan fingerprint density at radius 1 is 1.30 bits per heavy atom. The van der Waals surface area contributed by atoms with E-state index in [1.165, 1.54) is 30.3 Å². The van der Waals surface area contributed by atoms with Crippen LogP contribution in [0.5, 0.6) is 0 Å². The molecule has 1 unspecified atom stereocenters. The molecule has 0 spiro atoms. The number of carboxylic acid groups (broad SMARTS) is 2. The van der Waals surface area contributed by atoms with Gasteiger partial charge in [0.05, 0.1) is 11.3 Å². The van der Waals surface area contributed by atoms with E-state index < -0.39 is 36.1 Å². The number of thioether (sulfide) groups is 1. The van der Waals surface area contributed by atoms with E-state index in [2.05, 4.69) is 0 Å². The van der Waals surface area contributed by atoms with Crippen molar-refractivity contribution in [1.82, 2.24) is 4.90 Å². The van der Waals surface area contributed by atoms with Gasteiger partial charge in [-0.05, 0) is 23.8 Å². The molecule has 0 aromatic heterocycles. The molecule has 1 aromatic carbocycles. The number of hydrogen-bond donors (Lipinski definition) is 2. The van der Waals surface area contributed by atoms with Gasteiger partial charge in [-0.15, -0.1) is 0 Å². The van der Waals surface area contributed by atoms with E-state index in [-0.39, 0.29) is 9.23 Å². The lowest BCUT2D eigenvalue weighted by atomic mass is 10.1. The lowest BCUT2D eigenvalue weighted by Gasteiger charge is -2.21. The van der Waals surface area contributed by atoms with Crippen molar-refractivity contribution < 1.29 is 29.0 Å². The maximum absolute atomic E-state index is 12.9. The van der Waals surface area contributed by atoms with E-state index in [4.69, 9.17) is 22.4 Å². The molecule has 1 atom stereocenters. The number of thiocarbonyl (C=S) groups is 1. The number of aliphatic carboxylic acids is 2. The molecule has 0 aliphatic carbocycles. The van der Waals surface area contributed by atoms with E-state index >= 15 is 0 Å². The Kier molecular flexibility index (Phi) is 5.12. The number of benzene rings is 1. The Morgan fingerprint density at radius 3 is 2.43 bits per heavy atom. The van der Waals surface area contributed by atoms with Gasteiger partial charge in [0.1, 0.15) is 16.2 Å². The average molecular weight is 355 g/mol. The van der Waals surface area contributed by atoms with Crippen molar-refractivity contribution in [3.63, 3.8) is 0 Å². The van der Waals surface area contributed by atoms with E-state index in [9.17, 15) is 18.8 Å². The predicted molar refractivity (Wildman–Crippen MR) is 85.1 cm³/mol. The summed E-state index contributed by atoms with van der Waals surface area (Å²) in [6.07, 6.45) is 0.685. The van der Waals surface area contributed by atoms with Gasteiger partial charge in [-0.1, -0.05) is 36.1 Å². The highest BCUT2D eigenvalue weighted by atomic mass is 32.2. The molecule has 1 heterocycles. The van der Waals surface area contributed by atoms with Crippen LogP contribution in [0.4, 0.5) is 4.39 Å². The summed E-state index contributed by atoms with van der Waals surface area (Å²) >= 11 is 5.86. The summed E-state index contributed by atoms with van der Waals surface area (Å²) in [5, 5.41) is 17.9. The Morgan fingerprint density at radius 2 is 1.91 bits per heavy atom. The molecular weight excluding hydrogens is 345 g/mol. The molecular formula is C14H10FNO5S2. The van der Waals surface area contributed by atoms with Crippen LogP contribution in [0.25, 0.3) is 6.08 Å². The van der Waals surface area contributed by atoms with Gasteiger partial charge in [-0.2, -0.15) is 0 Å². The largest absolute Gasteiger partial charge is 0.481 e. The fourth-order valence-electron chi connectivity index (χ4n) is 1.91. The third-order valence-corrected chi connectivity index (χ3v) is 4.29. The number of nitrogens with zero attached hydrogens (tertiary/aromatic N) is 1. The number of halogens is 1. The lowest BCUT2D eigenvalue weighted by molar-refractivity contribution is -0.150. The molecule has 0 radical (unpaired) electrons. The number of rotatable bonds is 5. The highest BCUT2D eigenvalue weighted by Gasteiger charge is 2.41. The minimum atomic E-state index is -1.57. The standard InChI is InChI=1S/C14H10FNO5S2/c15-8-3-1-7(2-4-8)5-10-12(19)16(14(22)23-10)9(13(20)21)6-11(17)18/h1-5,9H,6H2,(H,17,18)(H,20,21)/b10-5-. The molecule has 1 fully saturated rings. The summed E-state index contributed by atoms with van der Waals surface area (Å²) in [7, 11) is 0. The summed E-state index contributed by atoms with van der Waals surface area (Å²) in [6.45, 7) is 0. The molecule has 1 saturated heterocycles. The second-order valence-electron chi connectivity index (χ2n) is 4.56. The number of hydrogen-bond acceptors (Lipinski definition) is 5. The van der Waals surface area contributed by atoms with Crippen LogP contribution in [0.2, 0.25) is 0 Å². The molecule has 1 aromatic rings. The normalized spacial score (nSPS) is 17.6. The first kappa shape index (κ1) is 17.1. The van der Waals surface area contributed by atoms with Crippen molar-refractivity contribution >= 4 is 52.2 Å². The Labute approximate surface area is 139 Å². The number of carbonyl (C=O) groups is 3. The summed E-state index contributed by atoms with van der Waals surface area (Å²) in [6, 6.07) is 3.77. The van der Waals surface area contributed by atoms with Gasteiger partial charge < -0.3 is 10.2 Å². The van der Waals surface area contributed by atoms with Crippen LogP contribution in [0, 0.1) is 5.82 Å². The zero-order valence-electron chi connectivity index (χ0n) is 11.4. The van der Waals surface area contributed by atoms with Crippen molar-refractivity contribution in [2.45, 2.75) is 12.5 Å².